The zero-order valence-electron chi connectivity index (χ0n) is 10.0. The molecule has 84 valence electrons. The first-order valence-corrected chi connectivity index (χ1v) is 5.30. The Kier molecular flexibility index (Phi) is 1.96. The Morgan fingerprint density at radius 3 is 2.20 bits per heavy atom. The predicted octanol–water partition coefficient (Wildman–Crippen LogP) is 0.879. The third-order valence-electron chi connectivity index (χ3n) is 3.22. The second-order valence-electron chi connectivity index (χ2n) is 5.93. The minimum absolute atomic E-state index is 0.117. The van der Waals surface area contributed by atoms with Crippen molar-refractivity contribution >= 4 is 0 Å². The maximum absolute atomic E-state index is 5.98. The third kappa shape index (κ3) is 1.55. The summed E-state index contributed by atoms with van der Waals surface area (Å²) in [5.41, 5.74) is 5.98. The first kappa shape index (κ1) is 10.5. The SMILES string of the molecule is CC1(C)C(N)C1c1nnn(C(C)(C)C)n1. The van der Waals surface area contributed by atoms with Gasteiger partial charge in [-0.2, -0.15) is 4.80 Å². The van der Waals surface area contributed by atoms with Crippen molar-refractivity contribution in [3.05, 3.63) is 5.82 Å². The molecule has 1 aliphatic rings. The average molecular weight is 209 g/mol. The third-order valence-corrected chi connectivity index (χ3v) is 3.22. The highest BCUT2D eigenvalue weighted by molar-refractivity contribution is 5.23. The summed E-state index contributed by atoms with van der Waals surface area (Å²) >= 11 is 0. The van der Waals surface area contributed by atoms with Crippen molar-refractivity contribution in [1.29, 1.82) is 0 Å². The van der Waals surface area contributed by atoms with Crippen molar-refractivity contribution in [2.24, 2.45) is 11.1 Å². The van der Waals surface area contributed by atoms with Gasteiger partial charge in [-0.3, -0.25) is 0 Å². The van der Waals surface area contributed by atoms with E-state index in [1.165, 1.54) is 0 Å². The van der Waals surface area contributed by atoms with Crippen LogP contribution in [-0.4, -0.2) is 26.2 Å². The molecule has 5 nitrogen and oxygen atoms in total. The molecule has 15 heavy (non-hydrogen) atoms. The molecule has 2 rings (SSSR count). The number of hydrogen-bond donors (Lipinski definition) is 1. The molecule has 0 aliphatic heterocycles. The number of tetrazole rings is 1. The van der Waals surface area contributed by atoms with Crippen LogP contribution in [0.4, 0.5) is 0 Å². The second kappa shape index (κ2) is 2.78. The number of aromatic nitrogens is 4. The van der Waals surface area contributed by atoms with E-state index in [9.17, 15) is 0 Å². The van der Waals surface area contributed by atoms with Crippen LogP contribution in [0.25, 0.3) is 0 Å². The Morgan fingerprint density at radius 2 is 1.87 bits per heavy atom. The van der Waals surface area contributed by atoms with Crippen LogP contribution >= 0.6 is 0 Å². The summed E-state index contributed by atoms with van der Waals surface area (Å²) < 4.78 is 0. The highest BCUT2D eigenvalue weighted by Crippen LogP contribution is 2.56. The van der Waals surface area contributed by atoms with E-state index in [0.717, 1.165) is 5.82 Å². The molecular weight excluding hydrogens is 190 g/mol. The van der Waals surface area contributed by atoms with E-state index in [2.05, 4.69) is 50.0 Å². The van der Waals surface area contributed by atoms with Crippen molar-refractivity contribution in [2.45, 2.75) is 52.1 Å². The van der Waals surface area contributed by atoms with Gasteiger partial charge in [-0.25, -0.2) is 0 Å². The molecule has 2 N–H and O–H groups in total. The van der Waals surface area contributed by atoms with Gasteiger partial charge in [0.25, 0.3) is 0 Å². The van der Waals surface area contributed by atoms with Gasteiger partial charge in [0.05, 0.1) is 5.54 Å². The Bertz CT molecular complexity index is 373. The molecule has 1 aromatic rings. The van der Waals surface area contributed by atoms with Crippen molar-refractivity contribution in [2.75, 3.05) is 0 Å². The monoisotopic (exact) mass is 209 g/mol. The molecule has 0 saturated heterocycles. The molecule has 0 amide bonds. The first-order valence-electron chi connectivity index (χ1n) is 5.30. The summed E-state index contributed by atoms with van der Waals surface area (Å²) in [4.78, 5) is 1.66. The zero-order valence-corrected chi connectivity index (χ0v) is 10.0. The normalized spacial score (nSPS) is 29.2. The van der Waals surface area contributed by atoms with Gasteiger partial charge in [0, 0.05) is 12.0 Å². The summed E-state index contributed by atoms with van der Waals surface area (Å²) in [5, 5.41) is 12.6. The van der Waals surface area contributed by atoms with Crippen LogP contribution in [0.1, 0.15) is 46.4 Å². The molecule has 1 fully saturated rings. The minimum atomic E-state index is -0.117. The lowest BCUT2D eigenvalue weighted by atomic mass is 10.1. The van der Waals surface area contributed by atoms with Crippen LogP contribution < -0.4 is 5.73 Å². The van der Waals surface area contributed by atoms with Crippen LogP contribution in [0, 0.1) is 5.41 Å². The van der Waals surface area contributed by atoms with E-state index in [4.69, 9.17) is 5.73 Å². The summed E-state index contributed by atoms with van der Waals surface area (Å²) in [6, 6.07) is 0.162. The van der Waals surface area contributed by atoms with E-state index < -0.39 is 0 Å². The van der Waals surface area contributed by atoms with Gasteiger partial charge in [0.2, 0.25) is 0 Å². The molecule has 0 spiro atoms. The topological polar surface area (TPSA) is 69.6 Å². The van der Waals surface area contributed by atoms with E-state index in [-0.39, 0.29) is 22.9 Å². The Balaban J connectivity index is 2.23. The maximum Gasteiger partial charge on any atom is 0.180 e. The summed E-state index contributed by atoms with van der Waals surface area (Å²) in [6.07, 6.45) is 0. The molecular formula is C10H19N5. The van der Waals surface area contributed by atoms with E-state index in [0.29, 0.717) is 0 Å². The van der Waals surface area contributed by atoms with E-state index >= 15 is 0 Å². The van der Waals surface area contributed by atoms with Crippen molar-refractivity contribution in [3.63, 3.8) is 0 Å². The maximum atomic E-state index is 5.98. The van der Waals surface area contributed by atoms with Crippen molar-refractivity contribution < 1.29 is 0 Å². The summed E-state index contributed by atoms with van der Waals surface area (Å²) in [7, 11) is 0. The zero-order chi connectivity index (χ0) is 11.4. The van der Waals surface area contributed by atoms with Crippen LogP contribution in [0.3, 0.4) is 0 Å². The van der Waals surface area contributed by atoms with Crippen LogP contribution in [-0.2, 0) is 5.54 Å². The molecule has 0 aromatic carbocycles. The molecule has 2 atom stereocenters. The van der Waals surface area contributed by atoms with Crippen LogP contribution in [0.2, 0.25) is 0 Å². The van der Waals surface area contributed by atoms with Gasteiger partial charge in [-0.05, 0) is 31.4 Å². The standard InChI is InChI=1S/C10H19N5/c1-9(2,3)15-13-8(12-14-15)6-7(11)10(6,4)5/h6-7H,11H2,1-5H3. The second-order valence-corrected chi connectivity index (χ2v) is 5.93. The van der Waals surface area contributed by atoms with Crippen molar-refractivity contribution in [3.8, 4) is 0 Å². The van der Waals surface area contributed by atoms with Gasteiger partial charge in [0.15, 0.2) is 5.82 Å². The molecule has 1 aliphatic carbocycles. The largest absolute Gasteiger partial charge is 0.327 e. The first-order chi connectivity index (χ1) is 6.74. The number of nitrogens with two attached hydrogens (primary N) is 1. The fourth-order valence-electron chi connectivity index (χ4n) is 1.80. The van der Waals surface area contributed by atoms with Crippen LogP contribution in [0.15, 0.2) is 0 Å². The lowest BCUT2D eigenvalue weighted by molar-refractivity contribution is 0.305. The van der Waals surface area contributed by atoms with Gasteiger partial charge >= 0.3 is 0 Å². The minimum Gasteiger partial charge on any atom is -0.327 e. The lowest BCUT2D eigenvalue weighted by Crippen LogP contribution is -2.24. The average Bonchev–Trinajstić information content (AvgIpc) is 2.53. The number of nitrogens with zero attached hydrogens (tertiary/aromatic N) is 4. The summed E-state index contributed by atoms with van der Waals surface area (Å²) in [5.74, 6) is 1.04. The fraction of sp³-hybridized carbons (Fsp3) is 0.900. The Hall–Kier alpha value is -0.970. The van der Waals surface area contributed by atoms with Crippen molar-refractivity contribution in [1.82, 2.24) is 20.2 Å². The Labute approximate surface area is 90.0 Å². The van der Waals surface area contributed by atoms with Gasteiger partial charge < -0.3 is 5.73 Å². The smallest absolute Gasteiger partial charge is 0.180 e. The molecule has 5 heteroatoms. The molecule has 0 radical (unpaired) electrons. The molecule has 1 heterocycles. The summed E-state index contributed by atoms with van der Waals surface area (Å²) in [6.45, 7) is 10.4. The predicted molar refractivity (Wildman–Crippen MR) is 57.3 cm³/mol. The van der Waals surface area contributed by atoms with Gasteiger partial charge in [-0.1, -0.05) is 13.8 Å². The molecule has 1 saturated carbocycles. The molecule has 1 aromatic heterocycles. The lowest BCUT2D eigenvalue weighted by Gasteiger charge is -2.15. The highest BCUT2D eigenvalue weighted by Gasteiger charge is 2.58. The number of rotatable bonds is 1. The highest BCUT2D eigenvalue weighted by atomic mass is 15.6. The number of hydrogen-bond acceptors (Lipinski definition) is 4. The Morgan fingerprint density at radius 1 is 1.33 bits per heavy atom. The van der Waals surface area contributed by atoms with E-state index in [1.54, 1.807) is 4.80 Å². The quantitative estimate of drug-likeness (QED) is 0.745. The van der Waals surface area contributed by atoms with E-state index in [1.807, 2.05) is 0 Å². The van der Waals surface area contributed by atoms with Crippen LogP contribution in [0.5, 0.6) is 0 Å². The van der Waals surface area contributed by atoms with Gasteiger partial charge in [0.1, 0.15) is 0 Å². The molecule has 0 bridgehead atoms. The molecule has 2 unspecified atom stereocenters. The fourth-order valence-corrected chi connectivity index (χ4v) is 1.80. The van der Waals surface area contributed by atoms with Gasteiger partial charge in [-0.15, -0.1) is 10.2 Å².